The van der Waals surface area contributed by atoms with E-state index in [4.69, 9.17) is 10.8 Å². The number of nitrogens with zero attached hydrogens (tertiary/aromatic N) is 1. The van der Waals surface area contributed by atoms with Gasteiger partial charge < -0.3 is 25.9 Å². The van der Waals surface area contributed by atoms with Crippen LogP contribution in [0.25, 0.3) is 0 Å². The van der Waals surface area contributed by atoms with E-state index < -0.39 is 18.1 Å². The van der Waals surface area contributed by atoms with Crippen molar-refractivity contribution in [3.8, 4) is 0 Å². The van der Waals surface area contributed by atoms with Crippen molar-refractivity contribution in [1.82, 2.24) is 0 Å². The number of anilines is 2. The molecule has 23 heavy (non-hydrogen) atoms. The highest BCUT2D eigenvalue weighted by atomic mass is 16.4. The minimum Gasteiger partial charge on any atom is -0.481 e. The van der Waals surface area contributed by atoms with Gasteiger partial charge in [-0.15, -0.1) is 0 Å². The van der Waals surface area contributed by atoms with E-state index in [0.717, 1.165) is 37.3 Å². The van der Waals surface area contributed by atoms with Gasteiger partial charge in [0.15, 0.2) is 0 Å². The van der Waals surface area contributed by atoms with Crippen LogP contribution < -0.4 is 16.0 Å². The van der Waals surface area contributed by atoms with Crippen LogP contribution in [0.3, 0.4) is 0 Å². The van der Waals surface area contributed by atoms with Crippen molar-refractivity contribution in [3.63, 3.8) is 0 Å². The third kappa shape index (κ3) is 6.28. The molecule has 0 radical (unpaired) electrons. The maximum Gasteiger partial charge on any atom is 0.305 e. The molecule has 1 aromatic carbocycles. The zero-order valence-corrected chi connectivity index (χ0v) is 13.9. The lowest BCUT2D eigenvalue weighted by Crippen LogP contribution is -2.42. The van der Waals surface area contributed by atoms with Crippen LogP contribution in [0, 0.1) is 0 Å². The Labute approximate surface area is 137 Å². The average molecular weight is 321 g/mol. The van der Waals surface area contributed by atoms with Crippen LogP contribution in [0.15, 0.2) is 24.3 Å². The summed E-state index contributed by atoms with van der Waals surface area (Å²) in [7, 11) is 0. The molecule has 0 amide bonds. The van der Waals surface area contributed by atoms with Crippen LogP contribution in [0.4, 0.5) is 11.4 Å². The lowest BCUT2D eigenvalue weighted by molar-refractivity contribution is -0.137. The second-order valence-corrected chi connectivity index (χ2v) is 5.60. The van der Waals surface area contributed by atoms with E-state index in [2.05, 4.69) is 24.1 Å². The average Bonchev–Trinajstić information content (AvgIpc) is 2.53. The van der Waals surface area contributed by atoms with Gasteiger partial charge in [-0.3, -0.25) is 4.79 Å². The highest BCUT2D eigenvalue weighted by Crippen LogP contribution is 2.20. The monoisotopic (exact) mass is 321 g/mol. The number of hydrogen-bond acceptors (Lipinski definition) is 5. The van der Waals surface area contributed by atoms with E-state index >= 15 is 0 Å². The molecule has 0 bridgehead atoms. The van der Waals surface area contributed by atoms with Crippen LogP contribution in [0.1, 0.15) is 33.1 Å². The van der Waals surface area contributed by atoms with Crippen molar-refractivity contribution in [2.45, 2.75) is 45.2 Å². The Morgan fingerprint density at radius 2 is 1.83 bits per heavy atom. The number of carbonyl (C=O) groups excluding carboxylic acids is 1. The quantitative estimate of drug-likeness (QED) is 0.540. The van der Waals surface area contributed by atoms with Crippen LogP contribution in [0.5, 0.6) is 0 Å². The van der Waals surface area contributed by atoms with Gasteiger partial charge in [-0.2, -0.15) is 0 Å². The Kier molecular flexibility index (Phi) is 8.11. The van der Waals surface area contributed by atoms with Gasteiger partial charge in [0.05, 0.1) is 18.5 Å². The first kappa shape index (κ1) is 19.0. The molecule has 0 fully saturated rings. The highest BCUT2D eigenvalue weighted by Gasteiger charge is 2.20. The summed E-state index contributed by atoms with van der Waals surface area (Å²) >= 11 is 0. The molecule has 6 heteroatoms. The number of carbonyl (C=O) groups is 2. The van der Waals surface area contributed by atoms with Crippen LogP contribution in [-0.2, 0) is 9.59 Å². The fourth-order valence-corrected chi connectivity index (χ4v) is 2.46. The van der Waals surface area contributed by atoms with Crippen molar-refractivity contribution in [1.29, 1.82) is 0 Å². The molecule has 0 aromatic heterocycles. The van der Waals surface area contributed by atoms with Gasteiger partial charge in [-0.25, -0.2) is 0 Å². The Bertz CT molecular complexity index is 484. The molecule has 1 rings (SSSR count). The van der Waals surface area contributed by atoms with Gasteiger partial charge in [0.2, 0.25) is 0 Å². The van der Waals surface area contributed by atoms with Crippen LogP contribution in [0.2, 0.25) is 0 Å². The van der Waals surface area contributed by atoms with Gasteiger partial charge in [-0.05, 0) is 37.1 Å². The molecule has 128 valence electrons. The Hall–Kier alpha value is -2.08. The number of nitrogens with one attached hydrogen (secondary N) is 1. The number of hydrogen-bond donors (Lipinski definition) is 3. The highest BCUT2D eigenvalue weighted by molar-refractivity contribution is 5.71. The van der Waals surface area contributed by atoms with Gasteiger partial charge in [0, 0.05) is 24.5 Å². The maximum atomic E-state index is 10.9. The minimum atomic E-state index is -0.992. The van der Waals surface area contributed by atoms with Gasteiger partial charge in [0.25, 0.3) is 0 Å². The first-order valence-corrected chi connectivity index (χ1v) is 8.06. The van der Waals surface area contributed by atoms with Crippen molar-refractivity contribution >= 4 is 23.6 Å². The molecule has 0 saturated carbocycles. The predicted molar refractivity (Wildman–Crippen MR) is 92.9 cm³/mol. The van der Waals surface area contributed by atoms with Crippen molar-refractivity contribution < 1.29 is 14.7 Å². The molecule has 4 N–H and O–H groups in total. The smallest absolute Gasteiger partial charge is 0.305 e. The largest absolute Gasteiger partial charge is 0.481 e. The number of rotatable bonds is 11. The number of aliphatic carboxylic acids is 1. The topological polar surface area (TPSA) is 95.7 Å². The molecule has 2 atom stereocenters. The summed E-state index contributed by atoms with van der Waals surface area (Å²) in [6, 6.07) is 6.29. The predicted octanol–water partition coefficient (Wildman–Crippen LogP) is 2.09. The van der Waals surface area contributed by atoms with E-state index in [-0.39, 0.29) is 6.42 Å². The third-order valence-electron chi connectivity index (χ3n) is 3.59. The first-order chi connectivity index (χ1) is 11.0. The fourth-order valence-electron chi connectivity index (χ4n) is 2.46. The molecule has 0 saturated heterocycles. The first-order valence-electron chi connectivity index (χ1n) is 8.06. The Balaban J connectivity index is 2.80. The Morgan fingerprint density at radius 1 is 1.26 bits per heavy atom. The van der Waals surface area contributed by atoms with E-state index in [1.807, 2.05) is 24.3 Å². The molecule has 0 aliphatic carbocycles. The van der Waals surface area contributed by atoms with Crippen molar-refractivity contribution in [2.75, 3.05) is 23.3 Å². The normalized spacial score (nSPS) is 13.2. The Morgan fingerprint density at radius 3 is 2.26 bits per heavy atom. The molecule has 0 aliphatic heterocycles. The minimum absolute atomic E-state index is 0.209. The summed E-state index contributed by atoms with van der Waals surface area (Å²) in [6.07, 6.45) is 2.52. The number of carboxylic acids is 1. The molecular formula is C17H27N3O3. The molecular weight excluding hydrogens is 294 g/mol. The number of aldehydes is 1. The van der Waals surface area contributed by atoms with Gasteiger partial charge >= 0.3 is 5.97 Å². The van der Waals surface area contributed by atoms with Crippen molar-refractivity contribution in [3.05, 3.63) is 24.3 Å². The lowest BCUT2D eigenvalue weighted by atomic mass is 10.1. The zero-order valence-electron chi connectivity index (χ0n) is 13.9. The molecule has 0 aliphatic rings. The SMILES string of the molecule is CCCN(CCC)c1ccc(NC(CC(=O)O)[C@H](N)C=O)cc1. The van der Waals surface area contributed by atoms with E-state index in [0.29, 0.717) is 6.29 Å². The van der Waals surface area contributed by atoms with Crippen LogP contribution in [-0.4, -0.2) is 42.5 Å². The molecule has 1 unspecified atom stereocenters. The van der Waals surface area contributed by atoms with Gasteiger partial charge in [0.1, 0.15) is 6.29 Å². The molecule has 0 heterocycles. The van der Waals surface area contributed by atoms with E-state index in [1.165, 1.54) is 0 Å². The zero-order chi connectivity index (χ0) is 17.2. The fraction of sp³-hybridized carbons (Fsp3) is 0.529. The van der Waals surface area contributed by atoms with E-state index in [9.17, 15) is 9.59 Å². The molecule has 0 spiro atoms. The molecule has 1 aromatic rings. The summed E-state index contributed by atoms with van der Waals surface area (Å²) in [5, 5.41) is 12.0. The van der Waals surface area contributed by atoms with Gasteiger partial charge in [-0.1, -0.05) is 13.8 Å². The number of benzene rings is 1. The second kappa shape index (κ2) is 9.84. The summed E-state index contributed by atoms with van der Waals surface area (Å²) in [5.74, 6) is -0.992. The second-order valence-electron chi connectivity index (χ2n) is 5.60. The number of nitrogens with two attached hydrogens (primary N) is 1. The van der Waals surface area contributed by atoms with E-state index in [1.54, 1.807) is 0 Å². The summed E-state index contributed by atoms with van der Waals surface area (Å²) in [4.78, 5) is 24.0. The maximum absolute atomic E-state index is 10.9. The van der Waals surface area contributed by atoms with Crippen LogP contribution >= 0.6 is 0 Å². The standard InChI is InChI=1S/C17H27N3O3/c1-3-9-20(10-4-2)14-7-5-13(6-8-14)19-16(11-17(22)23)15(18)12-21/h5-8,12,15-16,19H,3-4,9-11,18H2,1-2H3,(H,22,23)/t15-,16?/m1/s1. The van der Waals surface area contributed by atoms with Crippen molar-refractivity contribution in [2.24, 2.45) is 5.73 Å². The third-order valence-corrected chi connectivity index (χ3v) is 3.59. The summed E-state index contributed by atoms with van der Waals surface area (Å²) < 4.78 is 0. The summed E-state index contributed by atoms with van der Waals surface area (Å²) in [5.41, 5.74) is 7.56. The lowest BCUT2D eigenvalue weighted by Gasteiger charge is -2.25. The molecule has 6 nitrogen and oxygen atoms in total. The number of carboxylic acid groups (broad SMARTS) is 1. The summed E-state index contributed by atoms with van der Waals surface area (Å²) in [6.45, 7) is 6.29.